The van der Waals surface area contributed by atoms with Gasteiger partial charge in [0.1, 0.15) is 5.82 Å². The molecule has 0 radical (unpaired) electrons. The van der Waals surface area contributed by atoms with Crippen molar-refractivity contribution in [3.05, 3.63) is 47.2 Å². The van der Waals surface area contributed by atoms with Gasteiger partial charge in [-0.15, -0.1) is 5.10 Å². The van der Waals surface area contributed by atoms with Gasteiger partial charge in [-0.25, -0.2) is 0 Å². The lowest BCUT2D eigenvalue weighted by Gasteiger charge is -2.08. The van der Waals surface area contributed by atoms with E-state index in [0.717, 1.165) is 28.3 Å². The molecule has 2 N–H and O–H groups in total. The molecule has 0 saturated carbocycles. The number of rotatable bonds is 4. The Balaban J connectivity index is 2.03. The van der Waals surface area contributed by atoms with Gasteiger partial charge in [-0.2, -0.15) is 5.10 Å². The van der Waals surface area contributed by atoms with Gasteiger partial charge in [0.05, 0.1) is 5.69 Å². The summed E-state index contributed by atoms with van der Waals surface area (Å²) in [5, 5.41) is 14.2. The molecule has 5 heteroatoms. The molecule has 0 spiro atoms. The summed E-state index contributed by atoms with van der Waals surface area (Å²) in [5.74, 6) is 0.674. The van der Waals surface area contributed by atoms with E-state index in [1.807, 2.05) is 44.2 Å². The van der Waals surface area contributed by atoms with Crippen molar-refractivity contribution in [1.29, 1.82) is 0 Å². The van der Waals surface area contributed by atoms with Crippen LogP contribution in [0.5, 0.6) is 0 Å². The molecule has 5 nitrogen and oxygen atoms in total. The Kier molecular flexibility index (Phi) is 4.30. The van der Waals surface area contributed by atoms with Crippen LogP contribution in [0, 0.1) is 13.8 Å². The zero-order chi connectivity index (χ0) is 14.5. The smallest absolute Gasteiger partial charge is 0.221 e. The third kappa shape index (κ3) is 3.78. The molecule has 1 heterocycles. The summed E-state index contributed by atoms with van der Waals surface area (Å²) in [6, 6.07) is 9.67. The minimum atomic E-state index is -0.0739. The highest BCUT2D eigenvalue weighted by Crippen LogP contribution is 2.13. The number of hydrogen-bond donors (Lipinski definition) is 2. The summed E-state index contributed by atoms with van der Waals surface area (Å²) in [7, 11) is 0. The van der Waals surface area contributed by atoms with Crippen molar-refractivity contribution in [2.24, 2.45) is 0 Å². The van der Waals surface area contributed by atoms with Gasteiger partial charge >= 0.3 is 0 Å². The monoisotopic (exact) mass is 270 g/mol. The SMILES string of the molecule is CC(=O)Nc1cccc(CNc2cc(C)c(C)nn2)c1. The van der Waals surface area contributed by atoms with Crippen LogP contribution in [0.15, 0.2) is 30.3 Å². The Morgan fingerprint density at radius 1 is 1.20 bits per heavy atom. The van der Waals surface area contributed by atoms with Crippen LogP contribution in [0.3, 0.4) is 0 Å². The third-order valence-electron chi connectivity index (χ3n) is 2.95. The van der Waals surface area contributed by atoms with Crippen LogP contribution < -0.4 is 10.6 Å². The topological polar surface area (TPSA) is 66.9 Å². The van der Waals surface area contributed by atoms with Crippen molar-refractivity contribution in [2.45, 2.75) is 27.3 Å². The van der Waals surface area contributed by atoms with Crippen molar-refractivity contribution in [1.82, 2.24) is 10.2 Å². The van der Waals surface area contributed by atoms with Crippen LogP contribution in [0.2, 0.25) is 0 Å². The predicted molar refractivity (Wildman–Crippen MR) is 79.6 cm³/mol. The Morgan fingerprint density at radius 3 is 2.70 bits per heavy atom. The number of hydrogen-bond acceptors (Lipinski definition) is 4. The summed E-state index contributed by atoms with van der Waals surface area (Å²) in [6.45, 7) is 6.07. The average Bonchev–Trinajstić information content (AvgIpc) is 2.40. The molecule has 0 aliphatic rings. The predicted octanol–water partition coefficient (Wildman–Crippen LogP) is 2.66. The molecule has 0 atom stereocenters. The number of aryl methyl sites for hydroxylation is 2. The highest BCUT2D eigenvalue weighted by Gasteiger charge is 2.01. The first kappa shape index (κ1) is 14.0. The third-order valence-corrected chi connectivity index (χ3v) is 2.95. The van der Waals surface area contributed by atoms with E-state index < -0.39 is 0 Å². The summed E-state index contributed by atoms with van der Waals surface area (Å²) >= 11 is 0. The number of nitrogens with one attached hydrogen (secondary N) is 2. The maximum Gasteiger partial charge on any atom is 0.221 e. The number of carbonyl (C=O) groups is 1. The van der Waals surface area contributed by atoms with Gasteiger partial charge < -0.3 is 10.6 Å². The Labute approximate surface area is 118 Å². The van der Waals surface area contributed by atoms with E-state index in [9.17, 15) is 4.79 Å². The minimum absolute atomic E-state index is 0.0739. The standard InChI is InChI=1S/C15H18N4O/c1-10-7-15(19-18-11(10)2)16-9-13-5-4-6-14(8-13)17-12(3)20/h4-8H,9H2,1-3H3,(H,16,19)(H,17,20). The van der Waals surface area contributed by atoms with Crippen molar-refractivity contribution in [2.75, 3.05) is 10.6 Å². The molecule has 0 bridgehead atoms. The molecule has 20 heavy (non-hydrogen) atoms. The fourth-order valence-electron chi connectivity index (χ4n) is 1.79. The molecule has 0 aliphatic carbocycles. The number of nitrogens with zero attached hydrogens (tertiary/aromatic N) is 2. The molecule has 1 amide bonds. The van der Waals surface area contributed by atoms with Crippen LogP contribution in [-0.4, -0.2) is 16.1 Å². The fraction of sp³-hybridized carbons (Fsp3) is 0.267. The molecule has 104 valence electrons. The largest absolute Gasteiger partial charge is 0.364 e. The van der Waals surface area contributed by atoms with Gasteiger partial charge in [0, 0.05) is 19.2 Å². The second-order valence-electron chi connectivity index (χ2n) is 4.73. The van der Waals surface area contributed by atoms with Gasteiger partial charge in [-0.05, 0) is 43.2 Å². The quantitative estimate of drug-likeness (QED) is 0.896. The van der Waals surface area contributed by atoms with Gasteiger partial charge in [-0.3, -0.25) is 4.79 Å². The molecular weight excluding hydrogens is 252 g/mol. The summed E-state index contributed by atoms with van der Waals surface area (Å²) in [4.78, 5) is 11.0. The molecule has 2 rings (SSSR count). The molecular formula is C15H18N4O. The lowest BCUT2D eigenvalue weighted by atomic mass is 10.2. The first-order chi connectivity index (χ1) is 9.54. The van der Waals surface area contributed by atoms with E-state index in [1.165, 1.54) is 6.92 Å². The summed E-state index contributed by atoms with van der Waals surface area (Å²) < 4.78 is 0. The molecule has 0 fully saturated rings. The fourth-order valence-corrected chi connectivity index (χ4v) is 1.79. The Hall–Kier alpha value is -2.43. The molecule has 0 unspecified atom stereocenters. The second kappa shape index (κ2) is 6.14. The number of aromatic nitrogens is 2. The van der Waals surface area contributed by atoms with Gasteiger partial charge in [0.25, 0.3) is 0 Å². The molecule has 1 aromatic carbocycles. The average molecular weight is 270 g/mol. The maximum absolute atomic E-state index is 11.0. The van der Waals surface area contributed by atoms with Crippen molar-refractivity contribution < 1.29 is 4.79 Å². The first-order valence-electron chi connectivity index (χ1n) is 6.46. The number of amides is 1. The van der Waals surface area contributed by atoms with Crippen LogP contribution in [-0.2, 0) is 11.3 Å². The summed E-state index contributed by atoms with van der Waals surface area (Å²) in [5.41, 5.74) is 3.90. The molecule has 1 aromatic heterocycles. The minimum Gasteiger partial charge on any atom is -0.364 e. The highest BCUT2D eigenvalue weighted by atomic mass is 16.1. The van der Waals surface area contributed by atoms with E-state index in [1.54, 1.807) is 0 Å². The normalized spacial score (nSPS) is 10.2. The Morgan fingerprint density at radius 2 is 2.00 bits per heavy atom. The van der Waals surface area contributed by atoms with E-state index in [4.69, 9.17) is 0 Å². The van der Waals surface area contributed by atoms with Crippen LogP contribution in [0.25, 0.3) is 0 Å². The maximum atomic E-state index is 11.0. The van der Waals surface area contributed by atoms with Gasteiger partial charge in [0.15, 0.2) is 0 Å². The Bertz CT molecular complexity index is 625. The van der Waals surface area contributed by atoms with Gasteiger partial charge in [0.2, 0.25) is 5.91 Å². The van der Waals surface area contributed by atoms with Crippen LogP contribution in [0.4, 0.5) is 11.5 Å². The number of carbonyl (C=O) groups excluding carboxylic acids is 1. The van der Waals surface area contributed by atoms with Crippen molar-refractivity contribution >= 4 is 17.4 Å². The van der Waals surface area contributed by atoms with Crippen LogP contribution >= 0.6 is 0 Å². The van der Waals surface area contributed by atoms with E-state index in [2.05, 4.69) is 20.8 Å². The molecule has 0 saturated heterocycles. The zero-order valence-corrected chi connectivity index (χ0v) is 11.9. The van der Waals surface area contributed by atoms with E-state index in [0.29, 0.717) is 6.54 Å². The molecule has 2 aromatic rings. The number of anilines is 2. The first-order valence-corrected chi connectivity index (χ1v) is 6.46. The molecule has 0 aliphatic heterocycles. The van der Waals surface area contributed by atoms with Gasteiger partial charge in [-0.1, -0.05) is 12.1 Å². The highest BCUT2D eigenvalue weighted by molar-refractivity contribution is 5.88. The lowest BCUT2D eigenvalue weighted by Crippen LogP contribution is -2.07. The van der Waals surface area contributed by atoms with Crippen molar-refractivity contribution in [3.8, 4) is 0 Å². The summed E-state index contributed by atoms with van der Waals surface area (Å²) in [6.07, 6.45) is 0. The van der Waals surface area contributed by atoms with Crippen molar-refractivity contribution in [3.63, 3.8) is 0 Å². The van der Waals surface area contributed by atoms with E-state index >= 15 is 0 Å². The van der Waals surface area contributed by atoms with Crippen LogP contribution in [0.1, 0.15) is 23.7 Å². The lowest BCUT2D eigenvalue weighted by molar-refractivity contribution is -0.114. The second-order valence-corrected chi connectivity index (χ2v) is 4.73. The zero-order valence-electron chi connectivity index (χ0n) is 11.9. The number of benzene rings is 1. The van der Waals surface area contributed by atoms with E-state index in [-0.39, 0.29) is 5.91 Å².